The van der Waals surface area contributed by atoms with E-state index in [1.165, 1.54) is 12.5 Å². The molecule has 0 spiro atoms. The molecule has 3 rings (SSSR count). The van der Waals surface area contributed by atoms with Crippen molar-refractivity contribution >= 4 is 10.0 Å². The molecule has 7 nitrogen and oxygen atoms in total. The average Bonchev–Trinajstić information content (AvgIpc) is 3.03. The number of nitrogens with two attached hydrogens (primary N) is 1. The Morgan fingerprint density at radius 3 is 3.11 bits per heavy atom. The molecule has 2 heterocycles. The van der Waals surface area contributed by atoms with Crippen molar-refractivity contribution < 1.29 is 13.2 Å². The average molecular weight is 286 g/mol. The molecular formula is C11H18N4O3S. The number of fused-ring (bicyclic) bond motifs is 1. The fourth-order valence-electron chi connectivity index (χ4n) is 2.79. The van der Waals surface area contributed by atoms with Gasteiger partial charge in [0.25, 0.3) is 10.0 Å². The highest BCUT2D eigenvalue weighted by molar-refractivity contribution is 7.89. The number of nitrogens with zero attached hydrogens (tertiary/aromatic N) is 2. The third-order valence-electron chi connectivity index (χ3n) is 3.99. The fraction of sp³-hybridized carbons (Fsp3) is 0.727. The minimum atomic E-state index is -3.62. The smallest absolute Gasteiger partial charge is 0.259 e. The number of sulfonamides is 1. The molecule has 4 unspecified atom stereocenters. The zero-order valence-corrected chi connectivity index (χ0v) is 11.5. The van der Waals surface area contributed by atoms with E-state index in [1.807, 2.05) is 6.92 Å². The molecule has 1 saturated carbocycles. The van der Waals surface area contributed by atoms with Crippen molar-refractivity contribution in [2.45, 2.75) is 43.1 Å². The maximum atomic E-state index is 12.2. The number of ether oxygens (including phenoxy) is 1. The molecule has 3 N–H and O–H groups in total. The number of aryl methyl sites for hydroxylation is 1. The summed E-state index contributed by atoms with van der Waals surface area (Å²) in [5.41, 5.74) is 5.99. The van der Waals surface area contributed by atoms with Crippen molar-refractivity contribution in [3.63, 3.8) is 0 Å². The first-order chi connectivity index (χ1) is 9.03. The van der Waals surface area contributed by atoms with Crippen LogP contribution in [0.4, 0.5) is 0 Å². The molecule has 2 aliphatic rings. The number of nitrogens with one attached hydrogen (secondary N) is 1. The number of imidazole rings is 1. The molecule has 1 aliphatic heterocycles. The van der Waals surface area contributed by atoms with Crippen molar-refractivity contribution in [3.8, 4) is 0 Å². The van der Waals surface area contributed by atoms with E-state index in [4.69, 9.17) is 10.5 Å². The summed E-state index contributed by atoms with van der Waals surface area (Å²) < 4.78 is 34.2. The molecule has 2 fully saturated rings. The number of hydrogen-bond acceptors (Lipinski definition) is 5. The minimum Gasteiger partial charge on any atom is -0.376 e. The summed E-state index contributed by atoms with van der Waals surface area (Å²) in [6.45, 7) is 3.26. The highest BCUT2D eigenvalue weighted by Gasteiger charge is 2.53. The quantitative estimate of drug-likeness (QED) is 0.762. The predicted molar refractivity (Wildman–Crippen MR) is 67.8 cm³/mol. The van der Waals surface area contributed by atoms with Gasteiger partial charge >= 0.3 is 0 Å². The van der Waals surface area contributed by atoms with E-state index >= 15 is 0 Å². The zero-order valence-electron chi connectivity index (χ0n) is 10.7. The van der Waals surface area contributed by atoms with Crippen LogP contribution < -0.4 is 10.5 Å². The molecule has 1 aromatic rings. The van der Waals surface area contributed by atoms with Crippen molar-refractivity contribution in [2.75, 3.05) is 6.61 Å². The van der Waals surface area contributed by atoms with Gasteiger partial charge in [-0.15, -0.1) is 0 Å². The Hall–Kier alpha value is -0.960. The number of rotatable bonds is 4. The van der Waals surface area contributed by atoms with Gasteiger partial charge in [0.05, 0.1) is 18.5 Å². The topological polar surface area (TPSA) is 99.2 Å². The first-order valence-corrected chi connectivity index (χ1v) is 7.92. The van der Waals surface area contributed by atoms with Crippen molar-refractivity contribution in [3.05, 3.63) is 12.5 Å². The molecule has 106 valence electrons. The zero-order chi connectivity index (χ0) is 13.6. The number of aromatic nitrogens is 2. The van der Waals surface area contributed by atoms with Crippen LogP contribution in [-0.4, -0.2) is 42.8 Å². The van der Waals surface area contributed by atoms with Crippen LogP contribution in [0.3, 0.4) is 0 Å². The molecule has 1 saturated heterocycles. The Morgan fingerprint density at radius 1 is 1.63 bits per heavy atom. The van der Waals surface area contributed by atoms with Gasteiger partial charge in [0.1, 0.15) is 0 Å². The Balaban J connectivity index is 1.75. The second-order valence-electron chi connectivity index (χ2n) is 5.05. The van der Waals surface area contributed by atoms with Gasteiger partial charge in [-0.25, -0.2) is 18.1 Å². The highest BCUT2D eigenvalue weighted by atomic mass is 32.2. The van der Waals surface area contributed by atoms with Crippen LogP contribution in [0.2, 0.25) is 0 Å². The second-order valence-corrected chi connectivity index (χ2v) is 6.72. The van der Waals surface area contributed by atoms with E-state index in [0.29, 0.717) is 13.2 Å². The SMILES string of the molecule is CCn1cnc(S(=O)(=O)NC2C(N)C3CCOC32)c1. The summed E-state index contributed by atoms with van der Waals surface area (Å²) in [6.07, 6.45) is 3.84. The fourth-order valence-corrected chi connectivity index (χ4v) is 4.02. The lowest BCUT2D eigenvalue weighted by atomic mass is 9.73. The van der Waals surface area contributed by atoms with E-state index in [-0.39, 0.29) is 29.1 Å². The highest BCUT2D eigenvalue weighted by Crippen LogP contribution is 2.38. The summed E-state index contributed by atoms with van der Waals surface area (Å²) in [7, 11) is -3.62. The molecule has 4 atom stereocenters. The van der Waals surface area contributed by atoms with Crippen molar-refractivity contribution in [2.24, 2.45) is 11.7 Å². The third-order valence-corrected chi connectivity index (χ3v) is 5.33. The standard InChI is InChI=1S/C11H18N4O3S/c1-2-15-5-8(13-6-15)19(16,17)14-10-9(12)7-3-4-18-11(7)10/h5-7,9-11,14H,2-4,12H2,1H3. The van der Waals surface area contributed by atoms with Gasteiger partial charge in [-0.05, 0) is 13.3 Å². The summed E-state index contributed by atoms with van der Waals surface area (Å²) in [4.78, 5) is 3.91. The van der Waals surface area contributed by atoms with E-state index in [0.717, 1.165) is 6.42 Å². The molecule has 0 amide bonds. The van der Waals surface area contributed by atoms with Crippen LogP contribution in [-0.2, 0) is 21.3 Å². The van der Waals surface area contributed by atoms with Gasteiger partial charge in [-0.2, -0.15) is 0 Å². The summed E-state index contributed by atoms with van der Waals surface area (Å²) in [6, 6.07) is -0.514. The van der Waals surface area contributed by atoms with Gasteiger partial charge < -0.3 is 15.0 Å². The first kappa shape index (κ1) is 13.0. The molecule has 0 bridgehead atoms. The van der Waals surface area contributed by atoms with E-state index in [9.17, 15) is 8.42 Å². The van der Waals surface area contributed by atoms with Gasteiger partial charge in [0, 0.05) is 31.3 Å². The first-order valence-electron chi connectivity index (χ1n) is 6.44. The number of hydrogen-bond donors (Lipinski definition) is 2. The lowest BCUT2D eigenvalue weighted by molar-refractivity contribution is -0.00926. The molecule has 8 heteroatoms. The van der Waals surface area contributed by atoms with E-state index in [1.54, 1.807) is 4.57 Å². The molecule has 1 aromatic heterocycles. The summed E-state index contributed by atoms with van der Waals surface area (Å²) in [5, 5.41) is 0.0306. The van der Waals surface area contributed by atoms with Crippen LogP contribution in [0.15, 0.2) is 17.6 Å². The van der Waals surface area contributed by atoms with Gasteiger partial charge in [-0.1, -0.05) is 0 Å². The lowest BCUT2D eigenvalue weighted by Gasteiger charge is -2.45. The van der Waals surface area contributed by atoms with Gasteiger partial charge in [0.15, 0.2) is 5.03 Å². The van der Waals surface area contributed by atoms with E-state index in [2.05, 4.69) is 9.71 Å². The Morgan fingerprint density at radius 2 is 2.42 bits per heavy atom. The minimum absolute atomic E-state index is 0.0306. The second kappa shape index (κ2) is 4.55. The molecule has 19 heavy (non-hydrogen) atoms. The monoisotopic (exact) mass is 286 g/mol. The predicted octanol–water partition coefficient (Wildman–Crippen LogP) is -0.704. The van der Waals surface area contributed by atoms with Crippen LogP contribution in [0.25, 0.3) is 0 Å². The van der Waals surface area contributed by atoms with Gasteiger partial charge in [-0.3, -0.25) is 0 Å². The Kier molecular flexibility index (Phi) is 3.12. The molecule has 0 aromatic carbocycles. The summed E-state index contributed by atoms with van der Waals surface area (Å²) >= 11 is 0. The third kappa shape index (κ3) is 2.08. The maximum Gasteiger partial charge on any atom is 0.259 e. The van der Waals surface area contributed by atoms with E-state index < -0.39 is 10.0 Å². The van der Waals surface area contributed by atoms with Crippen LogP contribution >= 0.6 is 0 Å². The van der Waals surface area contributed by atoms with Gasteiger partial charge in [0.2, 0.25) is 0 Å². The molecule has 0 radical (unpaired) electrons. The van der Waals surface area contributed by atoms with Crippen molar-refractivity contribution in [1.29, 1.82) is 0 Å². The molecular weight excluding hydrogens is 268 g/mol. The van der Waals surface area contributed by atoms with Crippen molar-refractivity contribution in [1.82, 2.24) is 14.3 Å². The van der Waals surface area contributed by atoms with Crippen LogP contribution in [0, 0.1) is 5.92 Å². The summed E-state index contributed by atoms with van der Waals surface area (Å²) in [5.74, 6) is 0.279. The Bertz CT molecular complexity index is 570. The molecule has 1 aliphatic carbocycles. The largest absolute Gasteiger partial charge is 0.376 e. The normalized spacial score (nSPS) is 34.0. The van der Waals surface area contributed by atoms with Crippen LogP contribution in [0.1, 0.15) is 13.3 Å². The lowest BCUT2D eigenvalue weighted by Crippen LogP contribution is -2.68. The van der Waals surface area contributed by atoms with Crippen LogP contribution in [0.5, 0.6) is 0 Å². The Labute approximate surface area is 112 Å². The maximum absolute atomic E-state index is 12.2.